The van der Waals surface area contributed by atoms with Crippen LogP contribution in [0.5, 0.6) is 5.75 Å². The zero-order valence-corrected chi connectivity index (χ0v) is 12.1. The van der Waals surface area contributed by atoms with Crippen molar-refractivity contribution in [3.63, 3.8) is 0 Å². The summed E-state index contributed by atoms with van der Waals surface area (Å²) in [6.45, 7) is 1.19. The van der Waals surface area contributed by atoms with E-state index in [-0.39, 0.29) is 23.8 Å². The van der Waals surface area contributed by atoms with E-state index in [2.05, 4.69) is 15.9 Å². The molecule has 2 unspecified atom stereocenters. The molecule has 2 fully saturated rings. The van der Waals surface area contributed by atoms with Gasteiger partial charge < -0.3 is 14.7 Å². The Morgan fingerprint density at radius 3 is 3.05 bits per heavy atom. The van der Waals surface area contributed by atoms with Crippen LogP contribution >= 0.6 is 15.9 Å². The summed E-state index contributed by atoms with van der Waals surface area (Å²) >= 11 is 3.28. The number of ether oxygens (including phenoxy) is 1. The molecule has 1 aliphatic heterocycles. The van der Waals surface area contributed by atoms with Crippen molar-refractivity contribution in [2.75, 3.05) is 13.2 Å². The lowest BCUT2D eigenvalue weighted by atomic mass is 10.1. The van der Waals surface area contributed by atoms with Gasteiger partial charge in [-0.05, 0) is 37.5 Å². The Labute approximate surface area is 120 Å². The molecule has 0 bridgehead atoms. The van der Waals surface area contributed by atoms with Gasteiger partial charge in [-0.2, -0.15) is 0 Å². The van der Waals surface area contributed by atoms with Gasteiger partial charge in [0, 0.05) is 11.0 Å². The molecule has 102 valence electrons. The molecule has 3 rings (SSSR count). The van der Waals surface area contributed by atoms with Crippen LogP contribution in [0.2, 0.25) is 0 Å². The normalized spacial score (nSPS) is 26.3. The zero-order chi connectivity index (χ0) is 13.4. The number of carbonyl (C=O) groups is 1. The molecule has 1 heterocycles. The van der Waals surface area contributed by atoms with Gasteiger partial charge in [0.2, 0.25) is 0 Å². The van der Waals surface area contributed by atoms with Crippen LogP contribution in [0.25, 0.3) is 0 Å². The van der Waals surface area contributed by atoms with Gasteiger partial charge >= 0.3 is 0 Å². The van der Waals surface area contributed by atoms with Gasteiger partial charge in [-0.3, -0.25) is 4.79 Å². The highest BCUT2D eigenvalue weighted by atomic mass is 79.9. The molecule has 4 nitrogen and oxygen atoms in total. The topological polar surface area (TPSA) is 49.8 Å². The third-order valence-electron chi connectivity index (χ3n) is 3.93. The molecular formula is C14H16BrNO3. The minimum atomic E-state index is -0.0924. The first-order valence-electron chi connectivity index (χ1n) is 6.58. The van der Waals surface area contributed by atoms with Crippen molar-refractivity contribution in [2.24, 2.45) is 0 Å². The number of amides is 1. The van der Waals surface area contributed by atoms with Crippen LogP contribution in [0.4, 0.5) is 0 Å². The summed E-state index contributed by atoms with van der Waals surface area (Å²) in [6, 6.07) is 5.17. The zero-order valence-electron chi connectivity index (χ0n) is 10.5. The summed E-state index contributed by atoms with van der Waals surface area (Å²) in [5.41, 5.74) is 0.371. The Balaban J connectivity index is 1.86. The summed E-state index contributed by atoms with van der Waals surface area (Å²) in [5, 5.41) is 9.92. The Bertz CT molecular complexity index is 505. The van der Waals surface area contributed by atoms with Crippen molar-refractivity contribution in [2.45, 2.75) is 31.4 Å². The van der Waals surface area contributed by atoms with Crippen LogP contribution in [0.15, 0.2) is 22.7 Å². The number of nitrogens with zero attached hydrogens (tertiary/aromatic N) is 1. The molecular weight excluding hydrogens is 310 g/mol. The fourth-order valence-electron chi connectivity index (χ4n) is 3.02. The van der Waals surface area contributed by atoms with Crippen LogP contribution in [0.3, 0.4) is 0 Å². The molecule has 1 aromatic rings. The van der Waals surface area contributed by atoms with Gasteiger partial charge in [0.1, 0.15) is 5.75 Å². The van der Waals surface area contributed by atoms with E-state index >= 15 is 0 Å². The fourth-order valence-corrected chi connectivity index (χ4v) is 3.37. The minimum absolute atomic E-state index is 0.0282. The van der Waals surface area contributed by atoms with Gasteiger partial charge in [0.25, 0.3) is 5.91 Å². The Kier molecular flexibility index (Phi) is 3.50. The third-order valence-corrected chi connectivity index (χ3v) is 4.43. The molecule has 0 spiro atoms. The number of aromatic hydroxyl groups is 1. The molecule has 1 saturated heterocycles. The van der Waals surface area contributed by atoms with Gasteiger partial charge in [-0.15, -0.1) is 0 Å². The number of hydrogen-bond donors (Lipinski definition) is 1. The first kappa shape index (κ1) is 12.9. The highest BCUT2D eigenvalue weighted by Crippen LogP contribution is 2.32. The summed E-state index contributed by atoms with van der Waals surface area (Å²) in [6.07, 6.45) is 3.30. The Morgan fingerprint density at radius 1 is 1.42 bits per heavy atom. The molecule has 1 aromatic carbocycles. The van der Waals surface area contributed by atoms with E-state index in [0.717, 1.165) is 23.7 Å². The minimum Gasteiger partial charge on any atom is -0.507 e. The van der Waals surface area contributed by atoms with E-state index < -0.39 is 0 Å². The SMILES string of the molecule is O=C(c1ccc(Br)cc1O)N1CCOC2CCCC21. The van der Waals surface area contributed by atoms with Gasteiger partial charge in [0.05, 0.1) is 24.3 Å². The number of halogens is 1. The number of rotatable bonds is 1. The van der Waals surface area contributed by atoms with E-state index in [9.17, 15) is 9.90 Å². The molecule has 2 atom stereocenters. The van der Waals surface area contributed by atoms with E-state index in [0.29, 0.717) is 18.7 Å². The Hall–Kier alpha value is -1.07. The van der Waals surface area contributed by atoms with Crippen LogP contribution in [0, 0.1) is 0 Å². The maximum atomic E-state index is 12.6. The monoisotopic (exact) mass is 325 g/mol. The molecule has 1 saturated carbocycles. The van der Waals surface area contributed by atoms with Crippen LogP contribution in [-0.4, -0.2) is 41.2 Å². The average molecular weight is 326 g/mol. The van der Waals surface area contributed by atoms with Crippen molar-refractivity contribution in [3.05, 3.63) is 28.2 Å². The first-order valence-corrected chi connectivity index (χ1v) is 7.37. The molecule has 0 aromatic heterocycles. The number of phenolic OH excluding ortho intramolecular Hbond substituents is 1. The lowest BCUT2D eigenvalue weighted by molar-refractivity contribution is -0.0446. The smallest absolute Gasteiger partial charge is 0.258 e. The van der Waals surface area contributed by atoms with Crippen LogP contribution in [0.1, 0.15) is 29.6 Å². The van der Waals surface area contributed by atoms with E-state index in [1.54, 1.807) is 18.2 Å². The summed E-state index contributed by atoms with van der Waals surface area (Å²) in [5.74, 6) is -0.0642. The quantitative estimate of drug-likeness (QED) is 0.863. The number of phenols is 1. The third kappa shape index (κ3) is 2.37. The van der Waals surface area contributed by atoms with Crippen molar-refractivity contribution >= 4 is 21.8 Å². The second-order valence-corrected chi connectivity index (χ2v) is 5.98. The molecule has 0 radical (unpaired) electrons. The number of fused-ring (bicyclic) bond motifs is 1. The van der Waals surface area contributed by atoms with Crippen molar-refractivity contribution in [1.82, 2.24) is 4.90 Å². The lowest BCUT2D eigenvalue weighted by Crippen LogP contribution is -2.51. The fraction of sp³-hybridized carbons (Fsp3) is 0.500. The lowest BCUT2D eigenvalue weighted by Gasteiger charge is -2.37. The van der Waals surface area contributed by atoms with Gasteiger partial charge in [0.15, 0.2) is 0 Å². The number of hydrogen-bond acceptors (Lipinski definition) is 3. The summed E-state index contributed by atoms with van der Waals surface area (Å²) in [4.78, 5) is 14.4. The van der Waals surface area contributed by atoms with Crippen molar-refractivity contribution in [3.8, 4) is 5.75 Å². The average Bonchev–Trinajstić information content (AvgIpc) is 2.86. The highest BCUT2D eigenvalue weighted by Gasteiger charge is 2.39. The second kappa shape index (κ2) is 5.13. The highest BCUT2D eigenvalue weighted by molar-refractivity contribution is 9.10. The molecule has 5 heteroatoms. The van der Waals surface area contributed by atoms with Gasteiger partial charge in [-0.1, -0.05) is 15.9 Å². The summed E-state index contributed by atoms with van der Waals surface area (Å²) < 4.78 is 6.47. The predicted octanol–water partition coefficient (Wildman–Crippen LogP) is 2.55. The summed E-state index contributed by atoms with van der Waals surface area (Å²) in [7, 11) is 0. The van der Waals surface area contributed by atoms with E-state index in [4.69, 9.17) is 4.74 Å². The van der Waals surface area contributed by atoms with Crippen LogP contribution in [-0.2, 0) is 4.74 Å². The van der Waals surface area contributed by atoms with Crippen molar-refractivity contribution in [1.29, 1.82) is 0 Å². The predicted molar refractivity (Wildman–Crippen MR) is 74.2 cm³/mol. The Morgan fingerprint density at radius 2 is 2.26 bits per heavy atom. The van der Waals surface area contributed by atoms with Crippen LogP contribution < -0.4 is 0 Å². The number of benzene rings is 1. The first-order chi connectivity index (χ1) is 9.16. The van der Waals surface area contributed by atoms with Crippen molar-refractivity contribution < 1.29 is 14.6 Å². The maximum absolute atomic E-state index is 12.6. The maximum Gasteiger partial charge on any atom is 0.258 e. The van der Waals surface area contributed by atoms with E-state index in [1.807, 2.05) is 4.90 Å². The van der Waals surface area contributed by atoms with Gasteiger partial charge in [-0.25, -0.2) is 0 Å². The number of carbonyl (C=O) groups excluding carboxylic acids is 1. The molecule has 2 aliphatic rings. The van der Waals surface area contributed by atoms with E-state index in [1.165, 1.54) is 0 Å². The molecule has 1 amide bonds. The molecule has 1 N–H and O–H groups in total. The largest absolute Gasteiger partial charge is 0.507 e. The molecule has 19 heavy (non-hydrogen) atoms. The standard InChI is InChI=1S/C14H16BrNO3/c15-9-4-5-10(12(17)8-9)14(18)16-6-7-19-13-3-1-2-11(13)16/h4-5,8,11,13,17H,1-3,6-7H2. The second-order valence-electron chi connectivity index (χ2n) is 5.07. The molecule has 1 aliphatic carbocycles. The number of morpholine rings is 1.